The van der Waals surface area contributed by atoms with Crippen LogP contribution in [0.1, 0.15) is 95.2 Å². The fourth-order valence-corrected chi connectivity index (χ4v) is 9.65. The minimum atomic E-state index is -0.988. The Bertz CT molecular complexity index is 1330. The van der Waals surface area contributed by atoms with Crippen molar-refractivity contribution in [2.75, 3.05) is 6.61 Å². The maximum absolute atomic E-state index is 12.9. The largest absolute Gasteiger partial charge is 0.484 e. The van der Waals surface area contributed by atoms with Crippen LogP contribution in [0.3, 0.4) is 0 Å². The first-order valence-corrected chi connectivity index (χ1v) is 14.8. The van der Waals surface area contributed by atoms with E-state index in [1.165, 1.54) is 44.1 Å². The van der Waals surface area contributed by atoms with Gasteiger partial charge in [0.2, 0.25) is 0 Å². The number of rotatable bonds is 8. The standard InChI is InChI=1S/C33H38N2O5/c1-19-7-24(8-20(2)28(19)30(38)39)29(37)35-33-16-32(17-33,18-33)34-27(36)15-40-26-5-3-25(4-6-26)31-12-21-9-22(13-31)11-23(10-21)14-31/h3-8,21-23H,9-18H2,1-2H3,(H,34,36)(H,35,37)(H,38,39). The first-order valence-electron chi connectivity index (χ1n) is 14.8. The van der Waals surface area contributed by atoms with Crippen molar-refractivity contribution in [2.45, 2.75) is 88.1 Å². The Morgan fingerprint density at radius 2 is 1.38 bits per heavy atom. The lowest BCUT2D eigenvalue weighted by Crippen LogP contribution is -2.84. The lowest BCUT2D eigenvalue weighted by Gasteiger charge is -2.70. The van der Waals surface area contributed by atoms with Crippen molar-refractivity contribution >= 4 is 17.8 Å². The summed E-state index contributed by atoms with van der Waals surface area (Å²) in [6, 6.07) is 11.8. The molecule has 0 saturated heterocycles. The summed E-state index contributed by atoms with van der Waals surface area (Å²) in [6.07, 6.45) is 10.4. The Morgan fingerprint density at radius 1 is 0.850 bits per heavy atom. The summed E-state index contributed by atoms with van der Waals surface area (Å²) in [4.78, 5) is 37.0. The van der Waals surface area contributed by atoms with Gasteiger partial charge in [0.25, 0.3) is 11.8 Å². The van der Waals surface area contributed by atoms with Crippen molar-refractivity contribution in [2.24, 2.45) is 17.8 Å². The molecule has 6 bridgehead atoms. The van der Waals surface area contributed by atoms with E-state index in [0.717, 1.165) is 23.5 Å². The molecule has 0 unspecified atom stereocenters. The fourth-order valence-electron chi connectivity index (χ4n) is 9.65. The minimum Gasteiger partial charge on any atom is -0.484 e. The van der Waals surface area contributed by atoms with Gasteiger partial charge in [0.15, 0.2) is 6.61 Å². The number of nitrogens with one attached hydrogen (secondary N) is 2. The van der Waals surface area contributed by atoms with E-state index in [2.05, 4.69) is 22.8 Å². The van der Waals surface area contributed by atoms with E-state index in [1.807, 2.05) is 12.1 Å². The SMILES string of the molecule is Cc1cc(C(=O)NC23CC(NC(=O)COc4ccc(C56CC7CC(CC(C7)C5)C6)cc4)(C2)C3)cc(C)c1C(=O)O. The molecule has 9 rings (SSSR count). The highest BCUT2D eigenvalue weighted by atomic mass is 16.5. The molecule has 2 aromatic rings. The smallest absolute Gasteiger partial charge is 0.336 e. The number of aryl methyl sites for hydroxylation is 2. The second kappa shape index (κ2) is 8.82. The van der Waals surface area contributed by atoms with Crippen molar-refractivity contribution < 1.29 is 24.2 Å². The Kier molecular flexibility index (Phi) is 5.65. The van der Waals surface area contributed by atoms with Crippen LogP contribution in [0.2, 0.25) is 0 Å². The van der Waals surface area contributed by atoms with Crippen LogP contribution in [0.5, 0.6) is 5.75 Å². The highest BCUT2D eigenvalue weighted by Crippen LogP contribution is 2.61. The zero-order chi connectivity index (χ0) is 27.9. The molecule has 0 atom stereocenters. The number of hydrogen-bond donors (Lipinski definition) is 3. The maximum Gasteiger partial charge on any atom is 0.336 e. The Hall–Kier alpha value is -3.35. The molecule has 0 aliphatic heterocycles. The Morgan fingerprint density at radius 3 is 1.90 bits per heavy atom. The van der Waals surface area contributed by atoms with Crippen molar-refractivity contribution in [3.8, 4) is 5.75 Å². The second-order valence-electron chi connectivity index (χ2n) is 13.9. The number of carboxylic acids is 1. The van der Waals surface area contributed by atoms with E-state index >= 15 is 0 Å². The van der Waals surface area contributed by atoms with Gasteiger partial charge in [0, 0.05) is 16.6 Å². The number of amides is 2. The van der Waals surface area contributed by atoms with Crippen LogP contribution in [0.15, 0.2) is 36.4 Å². The fraction of sp³-hybridized carbons (Fsp3) is 0.545. The molecule has 7 heteroatoms. The van der Waals surface area contributed by atoms with Crippen LogP contribution in [-0.2, 0) is 10.2 Å². The van der Waals surface area contributed by atoms with E-state index in [4.69, 9.17) is 4.74 Å². The monoisotopic (exact) mass is 542 g/mol. The van der Waals surface area contributed by atoms with Gasteiger partial charge >= 0.3 is 5.97 Å². The van der Waals surface area contributed by atoms with Gasteiger partial charge in [-0.25, -0.2) is 4.79 Å². The summed E-state index contributed by atoms with van der Waals surface area (Å²) >= 11 is 0. The Balaban J connectivity index is 0.893. The predicted molar refractivity (Wildman–Crippen MR) is 150 cm³/mol. The highest BCUT2D eigenvalue weighted by molar-refractivity contribution is 5.98. The summed E-state index contributed by atoms with van der Waals surface area (Å²) in [7, 11) is 0. The molecule has 7 nitrogen and oxygen atoms in total. The third kappa shape index (κ3) is 4.20. The lowest BCUT2D eigenvalue weighted by atomic mass is 9.44. The van der Waals surface area contributed by atoms with E-state index in [0.29, 0.717) is 41.4 Å². The van der Waals surface area contributed by atoms with Gasteiger partial charge < -0.3 is 20.5 Å². The number of aromatic carboxylic acids is 1. The molecular weight excluding hydrogens is 504 g/mol. The molecule has 0 aromatic heterocycles. The molecular formula is C33H38N2O5. The van der Waals surface area contributed by atoms with Crippen molar-refractivity contribution in [1.82, 2.24) is 10.6 Å². The Labute approximate surface area is 235 Å². The van der Waals surface area contributed by atoms with Crippen LogP contribution in [-0.4, -0.2) is 40.6 Å². The average Bonchev–Trinajstić information content (AvgIpc) is 2.84. The average molecular weight is 543 g/mol. The van der Waals surface area contributed by atoms with Gasteiger partial charge in [0.05, 0.1) is 5.56 Å². The molecule has 3 N–H and O–H groups in total. The third-order valence-corrected chi connectivity index (χ3v) is 10.7. The van der Waals surface area contributed by atoms with Crippen LogP contribution in [0.25, 0.3) is 0 Å². The van der Waals surface area contributed by atoms with E-state index < -0.39 is 5.97 Å². The number of carbonyl (C=O) groups is 3. The van der Waals surface area contributed by atoms with Crippen molar-refractivity contribution in [3.63, 3.8) is 0 Å². The van der Waals surface area contributed by atoms with Crippen LogP contribution in [0, 0.1) is 31.6 Å². The van der Waals surface area contributed by atoms with E-state index in [1.54, 1.807) is 26.0 Å². The van der Waals surface area contributed by atoms with Gasteiger partial charge in [0.1, 0.15) is 5.75 Å². The van der Waals surface area contributed by atoms with Crippen LogP contribution < -0.4 is 15.4 Å². The maximum atomic E-state index is 12.9. The quantitative estimate of drug-likeness (QED) is 0.432. The van der Waals surface area contributed by atoms with Gasteiger partial charge in [-0.15, -0.1) is 0 Å². The van der Waals surface area contributed by atoms with Crippen LogP contribution in [0.4, 0.5) is 0 Å². The molecule has 7 fully saturated rings. The molecule has 0 spiro atoms. The molecule has 2 aromatic carbocycles. The number of carbonyl (C=O) groups excluding carboxylic acids is 2. The number of benzene rings is 2. The molecule has 0 radical (unpaired) electrons. The van der Waals surface area contributed by atoms with Crippen LogP contribution >= 0.6 is 0 Å². The molecule has 210 valence electrons. The molecule has 0 heterocycles. The van der Waals surface area contributed by atoms with Gasteiger partial charge in [-0.1, -0.05) is 12.1 Å². The molecule has 2 amide bonds. The lowest BCUT2D eigenvalue weighted by molar-refractivity contribution is -0.141. The summed E-state index contributed by atoms with van der Waals surface area (Å²) < 4.78 is 5.85. The van der Waals surface area contributed by atoms with Crippen molar-refractivity contribution in [1.29, 1.82) is 0 Å². The number of ether oxygens (including phenoxy) is 1. The summed E-state index contributed by atoms with van der Waals surface area (Å²) in [5.74, 6) is 2.13. The third-order valence-electron chi connectivity index (χ3n) is 10.7. The van der Waals surface area contributed by atoms with Crippen molar-refractivity contribution in [3.05, 3.63) is 64.2 Å². The zero-order valence-electron chi connectivity index (χ0n) is 23.3. The summed E-state index contributed by atoms with van der Waals surface area (Å²) in [5, 5.41) is 15.6. The highest BCUT2D eigenvalue weighted by Gasteiger charge is 2.69. The first kappa shape index (κ1) is 25.6. The molecule has 7 saturated carbocycles. The topological polar surface area (TPSA) is 105 Å². The first-order chi connectivity index (χ1) is 19.0. The molecule has 7 aliphatic carbocycles. The molecule has 40 heavy (non-hydrogen) atoms. The van der Waals surface area contributed by atoms with Gasteiger partial charge in [-0.05, 0) is 136 Å². The second-order valence-corrected chi connectivity index (χ2v) is 13.9. The minimum absolute atomic E-state index is 0.0215. The number of hydrogen-bond acceptors (Lipinski definition) is 4. The zero-order valence-corrected chi connectivity index (χ0v) is 23.3. The number of carboxylic acid groups (broad SMARTS) is 1. The summed E-state index contributed by atoms with van der Waals surface area (Å²) in [5.41, 5.74) is 3.09. The predicted octanol–water partition coefficient (Wildman–Crippen LogP) is 5.07. The molecule has 7 aliphatic rings. The summed E-state index contributed by atoms with van der Waals surface area (Å²) in [6.45, 7) is 3.39. The van der Waals surface area contributed by atoms with E-state index in [-0.39, 0.29) is 35.1 Å². The van der Waals surface area contributed by atoms with E-state index in [9.17, 15) is 19.5 Å². The van der Waals surface area contributed by atoms with Gasteiger partial charge in [-0.3, -0.25) is 9.59 Å². The normalized spacial score (nSPS) is 34.4. The van der Waals surface area contributed by atoms with Gasteiger partial charge in [-0.2, -0.15) is 0 Å².